The zero-order chi connectivity index (χ0) is 40.1. The van der Waals surface area contributed by atoms with Gasteiger partial charge in [-0.05, 0) is 53.9 Å². The fourth-order valence-corrected chi connectivity index (χ4v) is 8.69. The van der Waals surface area contributed by atoms with E-state index in [4.69, 9.17) is 21.6 Å². The molecule has 4 aliphatic rings. The molecule has 2 aromatic carbocycles. The van der Waals surface area contributed by atoms with Crippen molar-refractivity contribution < 1.29 is 33.5 Å². The number of aromatic nitrogens is 2. The first-order valence-electron chi connectivity index (χ1n) is 18.2. The zero-order valence-electron chi connectivity index (χ0n) is 31.2. The van der Waals surface area contributed by atoms with E-state index < -0.39 is 40.5 Å². The van der Waals surface area contributed by atoms with Gasteiger partial charge in [0.25, 0.3) is 17.7 Å². The van der Waals surface area contributed by atoms with Crippen molar-refractivity contribution >= 4 is 52.9 Å². The van der Waals surface area contributed by atoms with Gasteiger partial charge in [-0.3, -0.25) is 39.0 Å². The Morgan fingerprint density at radius 2 is 1.64 bits per heavy atom. The van der Waals surface area contributed by atoms with E-state index in [-0.39, 0.29) is 73.3 Å². The molecule has 2 fully saturated rings. The van der Waals surface area contributed by atoms with Crippen LogP contribution in [0.4, 0.5) is 5.82 Å². The molecular formula is C39H40ClN9O7. The Hall–Kier alpha value is -5.92. The summed E-state index contributed by atoms with van der Waals surface area (Å²) in [6.07, 6.45) is -0.129. The summed E-state index contributed by atoms with van der Waals surface area (Å²) in [5.41, 5.74) is 1.53. The number of ether oxygens (including phenoxy) is 1. The van der Waals surface area contributed by atoms with Gasteiger partial charge in [-0.1, -0.05) is 39.3 Å². The summed E-state index contributed by atoms with van der Waals surface area (Å²) in [6.45, 7) is 9.51. The summed E-state index contributed by atoms with van der Waals surface area (Å²) in [4.78, 5) is 79.1. The van der Waals surface area contributed by atoms with Crippen molar-refractivity contribution in [3.63, 3.8) is 0 Å². The van der Waals surface area contributed by atoms with Crippen LogP contribution in [0.25, 0.3) is 0 Å². The molecule has 1 saturated heterocycles. The lowest BCUT2D eigenvalue weighted by Crippen LogP contribution is -2.74. The highest BCUT2D eigenvalue weighted by Crippen LogP contribution is 2.55. The molecule has 3 aliphatic heterocycles. The number of hydrogen-bond acceptors (Lipinski definition) is 12. The Kier molecular flexibility index (Phi) is 10.0. The van der Waals surface area contributed by atoms with E-state index in [1.807, 2.05) is 33.8 Å². The molecule has 6 amide bonds. The second-order valence-electron chi connectivity index (χ2n) is 15.6. The van der Waals surface area contributed by atoms with Crippen LogP contribution in [-0.2, 0) is 27.5 Å². The van der Waals surface area contributed by atoms with E-state index in [9.17, 15) is 28.8 Å². The molecule has 4 heterocycles. The first-order valence-corrected chi connectivity index (χ1v) is 18.6. The molecular weight excluding hydrogens is 742 g/mol. The van der Waals surface area contributed by atoms with Gasteiger partial charge in [0.05, 0.1) is 28.3 Å². The number of imide groups is 2. The van der Waals surface area contributed by atoms with Crippen LogP contribution < -0.4 is 26.0 Å². The van der Waals surface area contributed by atoms with Crippen molar-refractivity contribution in [2.45, 2.75) is 71.8 Å². The van der Waals surface area contributed by atoms with E-state index in [0.717, 1.165) is 16.0 Å². The molecule has 17 heteroatoms. The first kappa shape index (κ1) is 38.4. The minimum Gasteiger partial charge on any atom is -0.489 e. The van der Waals surface area contributed by atoms with Gasteiger partial charge in [-0.2, -0.15) is 5.26 Å². The van der Waals surface area contributed by atoms with Gasteiger partial charge < -0.3 is 25.6 Å². The average molecular weight is 782 g/mol. The number of carbonyl (C=O) groups is 6. The highest BCUT2D eigenvalue weighted by atomic mass is 35.5. The van der Waals surface area contributed by atoms with Crippen molar-refractivity contribution in [3.8, 4) is 11.8 Å². The van der Waals surface area contributed by atoms with E-state index in [1.165, 1.54) is 0 Å². The van der Waals surface area contributed by atoms with Crippen LogP contribution in [0.15, 0.2) is 42.5 Å². The number of amides is 6. The summed E-state index contributed by atoms with van der Waals surface area (Å²) in [5, 5.41) is 29.2. The number of hydrogen-bond donors (Lipinski definition) is 4. The number of piperidine rings is 1. The lowest BCUT2D eigenvalue weighted by molar-refractivity contribution is -0.164. The van der Waals surface area contributed by atoms with Crippen LogP contribution in [0.3, 0.4) is 0 Å². The van der Waals surface area contributed by atoms with Crippen molar-refractivity contribution in [1.29, 1.82) is 5.26 Å². The number of nitrogens with zero attached hydrogens (tertiary/aromatic N) is 5. The van der Waals surface area contributed by atoms with Crippen LogP contribution in [0, 0.1) is 22.2 Å². The molecule has 1 saturated carbocycles. The second kappa shape index (κ2) is 14.6. The third-order valence-electron chi connectivity index (χ3n) is 11.0. The number of nitriles is 1. The highest BCUT2D eigenvalue weighted by molar-refractivity contribution is 6.31. The van der Waals surface area contributed by atoms with Crippen molar-refractivity contribution in [3.05, 3.63) is 81.0 Å². The molecule has 0 bridgehead atoms. The Balaban J connectivity index is 0.845. The van der Waals surface area contributed by atoms with Crippen LogP contribution in [0.1, 0.15) is 88.4 Å². The number of halogens is 1. The Morgan fingerprint density at radius 3 is 2.23 bits per heavy atom. The van der Waals surface area contributed by atoms with Gasteiger partial charge in [0.2, 0.25) is 17.7 Å². The van der Waals surface area contributed by atoms with Gasteiger partial charge in [0.15, 0.2) is 5.69 Å². The standard InChI is InChI=1S/C39H40ClN9O7/c1-38(2)36(39(3,4)37(38)56-23-6-5-20(16-41)26(40)15-23)45-32(52)27-7-9-29(47-46-27)43-12-11-42-17-31(51)48-18-21-13-24-25(14-22(21)19-48)35(55)49(34(24)54)28-8-10-30(50)44-33(28)53/h5-7,9,13-15,28,36-37,42H,8,10-12,17-19H2,1-4H3,(H,43,47)(H,45,52)(H,44,50,53). The summed E-state index contributed by atoms with van der Waals surface area (Å²) in [5.74, 6) is -1.79. The molecule has 290 valence electrons. The largest absolute Gasteiger partial charge is 0.489 e. The minimum atomic E-state index is -1.04. The van der Waals surface area contributed by atoms with Gasteiger partial charge in [0.1, 0.15) is 29.8 Å². The Labute approximate surface area is 327 Å². The van der Waals surface area contributed by atoms with Gasteiger partial charge >= 0.3 is 0 Å². The van der Waals surface area contributed by atoms with Crippen LogP contribution in [0.5, 0.6) is 5.75 Å². The van der Waals surface area contributed by atoms with E-state index >= 15 is 0 Å². The molecule has 56 heavy (non-hydrogen) atoms. The normalized spacial score (nSPS) is 21.8. The maximum Gasteiger partial charge on any atom is 0.272 e. The first-order chi connectivity index (χ1) is 26.6. The van der Waals surface area contributed by atoms with E-state index in [1.54, 1.807) is 47.4 Å². The van der Waals surface area contributed by atoms with Crippen LogP contribution in [-0.4, -0.2) is 93.3 Å². The molecule has 4 N–H and O–H groups in total. The fraction of sp³-hybridized carbons (Fsp3) is 0.410. The lowest BCUT2D eigenvalue weighted by atomic mass is 9.49. The Bertz CT molecular complexity index is 2160. The van der Waals surface area contributed by atoms with E-state index in [2.05, 4.69) is 31.5 Å². The molecule has 1 aliphatic carbocycles. The molecule has 1 atom stereocenters. The maximum atomic E-state index is 13.2. The van der Waals surface area contributed by atoms with E-state index in [0.29, 0.717) is 35.2 Å². The topological polar surface area (TPSA) is 216 Å². The number of anilines is 1. The molecule has 1 aromatic heterocycles. The lowest BCUT2D eigenvalue weighted by Gasteiger charge is -2.63. The summed E-state index contributed by atoms with van der Waals surface area (Å²) >= 11 is 6.20. The quantitative estimate of drug-likeness (QED) is 0.163. The Morgan fingerprint density at radius 1 is 0.964 bits per heavy atom. The second-order valence-corrected chi connectivity index (χ2v) is 16.0. The van der Waals surface area contributed by atoms with Crippen molar-refractivity contribution in [1.82, 2.24) is 35.9 Å². The molecule has 16 nitrogen and oxygen atoms in total. The number of nitrogens with one attached hydrogen (secondary N) is 4. The number of fused-ring (bicyclic) bond motifs is 2. The summed E-state index contributed by atoms with van der Waals surface area (Å²) in [7, 11) is 0. The van der Waals surface area contributed by atoms with Gasteiger partial charge in [-0.25, -0.2) is 0 Å². The number of carbonyl (C=O) groups excluding carboxylic acids is 6. The molecule has 0 spiro atoms. The van der Waals surface area contributed by atoms with Gasteiger partial charge in [0, 0.05) is 55.5 Å². The van der Waals surface area contributed by atoms with Crippen LogP contribution >= 0.6 is 11.6 Å². The molecule has 7 rings (SSSR count). The molecule has 0 radical (unpaired) electrons. The average Bonchev–Trinajstić information content (AvgIpc) is 3.69. The number of benzene rings is 2. The van der Waals surface area contributed by atoms with Gasteiger partial charge in [-0.15, -0.1) is 10.2 Å². The number of rotatable bonds is 11. The van der Waals surface area contributed by atoms with Crippen molar-refractivity contribution in [2.24, 2.45) is 10.8 Å². The third-order valence-corrected chi connectivity index (χ3v) is 11.4. The predicted octanol–water partition coefficient (Wildman–Crippen LogP) is 2.56. The summed E-state index contributed by atoms with van der Waals surface area (Å²) < 4.78 is 6.30. The van der Waals surface area contributed by atoms with Crippen LogP contribution in [0.2, 0.25) is 5.02 Å². The zero-order valence-corrected chi connectivity index (χ0v) is 32.0. The fourth-order valence-electron chi connectivity index (χ4n) is 8.48. The predicted molar refractivity (Wildman–Crippen MR) is 200 cm³/mol. The third kappa shape index (κ3) is 6.92. The smallest absolute Gasteiger partial charge is 0.272 e. The monoisotopic (exact) mass is 781 g/mol. The molecule has 1 unspecified atom stereocenters. The highest BCUT2D eigenvalue weighted by Gasteiger charge is 2.64. The SMILES string of the molecule is CC1(C)C(NC(=O)c2ccc(NCCNCC(=O)N3Cc4cc5c(cc4C3)C(=O)N(C3CCC(=O)NC3=O)C5=O)nn2)C(C)(C)C1Oc1ccc(C#N)c(Cl)c1. The maximum absolute atomic E-state index is 13.2. The summed E-state index contributed by atoms with van der Waals surface area (Å²) in [6, 6.07) is 12.2. The molecule has 3 aromatic rings. The van der Waals surface area contributed by atoms with Crippen molar-refractivity contribution in [2.75, 3.05) is 25.0 Å². The minimum absolute atomic E-state index is 0.0428.